The Morgan fingerprint density at radius 1 is 1.29 bits per heavy atom. The minimum absolute atomic E-state index is 0.146. The van der Waals surface area contributed by atoms with Gasteiger partial charge in [-0.1, -0.05) is 11.6 Å². The number of halogens is 1. The summed E-state index contributed by atoms with van der Waals surface area (Å²) in [6, 6.07) is 11.9. The van der Waals surface area contributed by atoms with Gasteiger partial charge in [-0.15, -0.1) is 15.7 Å². The highest BCUT2D eigenvalue weighted by atomic mass is 35.5. The summed E-state index contributed by atoms with van der Waals surface area (Å²) in [6.07, 6.45) is -0.0374. The van der Waals surface area contributed by atoms with Crippen molar-refractivity contribution in [1.82, 2.24) is 15.2 Å². The van der Waals surface area contributed by atoms with Crippen LogP contribution in [0.3, 0.4) is 0 Å². The Balaban J connectivity index is 1.40. The van der Waals surface area contributed by atoms with Crippen molar-refractivity contribution in [1.29, 1.82) is 0 Å². The van der Waals surface area contributed by atoms with Gasteiger partial charge in [0.1, 0.15) is 17.1 Å². The number of carbonyl (C=O) groups is 2. The predicted molar refractivity (Wildman–Crippen MR) is 136 cm³/mol. The van der Waals surface area contributed by atoms with Crippen molar-refractivity contribution in [2.45, 2.75) is 6.10 Å². The van der Waals surface area contributed by atoms with Gasteiger partial charge in [0.15, 0.2) is 0 Å². The molecule has 13 heteroatoms. The van der Waals surface area contributed by atoms with Crippen LogP contribution in [0.4, 0.5) is 10.5 Å². The lowest BCUT2D eigenvalue weighted by Gasteiger charge is -2.17. The van der Waals surface area contributed by atoms with E-state index < -0.39 is 22.2 Å². The number of benzene rings is 1. The van der Waals surface area contributed by atoms with Crippen LogP contribution in [0.5, 0.6) is 0 Å². The summed E-state index contributed by atoms with van der Waals surface area (Å²) >= 11 is 7.20. The van der Waals surface area contributed by atoms with E-state index in [1.807, 2.05) is 6.07 Å². The highest BCUT2D eigenvalue weighted by Crippen LogP contribution is 2.26. The third-order valence-corrected chi connectivity index (χ3v) is 6.84. The first-order valence-electron chi connectivity index (χ1n) is 10.4. The van der Waals surface area contributed by atoms with E-state index in [1.165, 1.54) is 16.2 Å². The number of cyclic esters (lactones) is 1. The summed E-state index contributed by atoms with van der Waals surface area (Å²) in [7, 11) is -0.196. The second-order valence-electron chi connectivity index (χ2n) is 8.04. The summed E-state index contributed by atoms with van der Waals surface area (Å²) in [5.74, 6) is -0.00769. The smallest absolute Gasteiger partial charge is 0.414 e. The number of pyridine rings is 1. The van der Waals surface area contributed by atoms with Crippen molar-refractivity contribution in [3.05, 3.63) is 58.1 Å². The Morgan fingerprint density at radius 2 is 2.00 bits per heavy atom. The van der Waals surface area contributed by atoms with Crippen LogP contribution in [-0.2, 0) is 14.8 Å². The first-order chi connectivity index (χ1) is 16.5. The fraction of sp³-hybridized carbons (Fsp3) is 0.273. The van der Waals surface area contributed by atoms with Gasteiger partial charge in [-0.25, -0.2) is 18.2 Å². The van der Waals surface area contributed by atoms with Gasteiger partial charge in [0.25, 0.3) is 15.9 Å². The number of hydrogen-bond donors (Lipinski definition) is 1. The Labute approximate surface area is 211 Å². The van der Waals surface area contributed by atoms with Crippen molar-refractivity contribution < 1.29 is 22.7 Å². The van der Waals surface area contributed by atoms with Crippen LogP contribution in [-0.4, -0.2) is 75.7 Å². The molecule has 1 fully saturated rings. The van der Waals surface area contributed by atoms with Crippen molar-refractivity contribution >= 4 is 66.7 Å². The Kier molecular flexibility index (Phi) is 6.97. The normalized spacial score (nSPS) is 16.5. The Hall–Kier alpha value is -3.22. The monoisotopic (exact) mass is 535 g/mol. The predicted octanol–water partition coefficient (Wildman–Crippen LogP) is 2.97. The summed E-state index contributed by atoms with van der Waals surface area (Å²) < 4.78 is 33.3. The molecule has 0 radical (unpaired) electrons. The maximum atomic E-state index is 12.6. The van der Waals surface area contributed by atoms with E-state index in [4.69, 9.17) is 16.3 Å². The van der Waals surface area contributed by atoms with Crippen LogP contribution in [0.15, 0.2) is 46.9 Å². The van der Waals surface area contributed by atoms with Crippen LogP contribution in [0.1, 0.15) is 15.2 Å². The third-order valence-electron chi connectivity index (χ3n) is 5.04. The average Bonchev–Trinajstić information content (AvgIpc) is 3.38. The second kappa shape index (κ2) is 9.80. The third kappa shape index (κ3) is 5.89. The fourth-order valence-corrected chi connectivity index (χ4v) is 5.14. The van der Waals surface area contributed by atoms with Crippen molar-refractivity contribution in [2.24, 2.45) is 4.40 Å². The molecule has 2 amide bonds. The zero-order chi connectivity index (χ0) is 25.3. The number of ether oxygens (including phenoxy) is 1. The highest BCUT2D eigenvalue weighted by molar-refractivity contribution is 7.89. The summed E-state index contributed by atoms with van der Waals surface area (Å²) in [4.78, 5) is 32.7. The molecule has 1 aromatic carbocycles. The number of sulfonamides is 1. The number of thiophene rings is 1. The van der Waals surface area contributed by atoms with Gasteiger partial charge < -0.3 is 15.0 Å². The molecule has 0 bridgehead atoms. The van der Waals surface area contributed by atoms with E-state index >= 15 is 0 Å². The van der Waals surface area contributed by atoms with Gasteiger partial charge in [0.05, 0.1) is 34.4 Å². The van der Waals surface area contributed by atoms with Gasteiger partial charge in [-0.05, 0) is 42.5 Å². The topological polar surface area (TPSA) is 121 Å². The lowest BCUT2D eigenvalue weighted by atomic mass is 10.1. The minimum atomic E-state index is -3.58. The van der Waals surface area contributed by atoms with E-state index in [0.717, 1.165) is 11.0 Å². The average molecular weight is 536 g/mol. The Bertz CT molecular complexity index is 1420. The molecular weight excluding hydrogens is 514 g/mol. The molecule has 1 aliphatic rings. The fourth-order valence-electron chi connectivity index (χ4n) is 3.48. The molecule has 1 saturated heterocycles. The van der Waals surface area contributed by atoms with E-state index in [2.05, 4.69) is 14.7 Å². The maximum absolute atomic E-state index is 12.6. The van der Waals surface area contributed by atoms with Crippen molar-refractivity contribution in [2.75, 3.05) is 38.3 Å². The number of amidine groups is 1. The maximum Gasteiger partial charge on any atom is 0.414 e. The molecule has 2 aromatic heterocycles. The number of fused-ring (bicyclic) bond motifs is 1. The number of nitrogens with zero attached hydrogens (tertiary/aromatic N) is 4. The number of hydrogen-bond acceptors (Lipinski definition) is 7. The zero-order valence-corrected chi connectivity index (χ0v) is 21.4. The molecule has 35 heavy (non-hydrogen) atoms. The van der Waals surface area contributed by atoms with Crippen molar-refractivity contribution in [3.8, 4) is 0 Å². The number of anilines is 1. The van der Waals surface area contributed by atoms with Gasteiger partial charge in [0.2, 0.25) is 0 Å². The molecule has 0 saturated carbocycles. The molecule has 0 spiro atoms. The van der Waals surface area contributed by atoms with E-state index in [1.54, 1.807) is 55.4 Å². The molecule has 3 heterocycles. The molecule has 10 nitrogen and oxygen atoms in total. The number of nitrogens with one attached hydrogen (secondary N) is 1. The number of rotatable bonds is 6. The van der Waals surface area contributed by atoms with E-state index in [0.29, 0.717) is 26.8 Å². The molecule has 0 aliphatic carbocycles. The van der Waals surface area contributed by atoms with Gasteiger partial charge in [-0.3, -0.25) is 9.69 Å². The van der Waals surface area contributed by atoms with Gasteiger partial charge >= 0.3 is 6.09 Å². The largest absolute Gasteiger partial charge is 0.442 e. The van der Waals surface area contributed by atoms with Crippen LogP contribution in [0.2, 0.25) is 5.15 Å². The van der Waals surface area contributed by atoms with Crippen LogP contribution >= 0.6 is 22.9 Å². The molecule has 1 unspecified atom stereocenters. The molecule has 1 atom stereocenters. The molecular formula is C22H22ClN5O5S2. The SMILES string of the molecule is CN(C)/C(=N\S(C)(=O)=O)c1ccc(N2CC(CNC(=O)c3cc4nc(Cl)ccc4s3)OC2=O)cc1. The molecule has 1 aliphatic heterocycles. The van der Waals surface area contributed by atoms with Crippen LogP contribution in [0.25, 0.3) is 10.2 Å². The number of aromatic nitrogens is 1. The van der Waals surface area contributed by atoms with Gasteiger partial charge in [-0.2, -0.15) is 0 Å². The van der Waals surface area contributed by atoms with Crippen LogP contribution in [0, 0.1) is 0 Å². The van der Waals surface area contributed by atoms with E-state index in [-0.39, 0.29) is 24.8 Å². The first kappa shape index (κ1) is 24.9. The molecule has 3 aromatic rings. The molecule has 1 N–H and O–H groups in total. The molecule has 184 valence electrons. The minimum Gasteiger partial charge on any atom is -0.442 e. The summed E-state index contributed by atoms with van der Waals surface area (Å²) in [5, 5.41) is 3.15. The molecule has 4 rings (SSSR count). The van der Waals surface area contributed by atoms with Crippen molar-refractivity contribution in [3.63, 3.8) is 0 Å². The lowest BCUT2D eigenvalue weighted by Crippen LogP contribution is -2.34. The van der Waals surface area contributed by atoms with E-state index in [9.17, 15) is 18.0 Å². The van der Waals surface area contributed by atoms with Crippen LogP contribution < -0.4 is 10.2 Å². The Morgan fingerprint density at radius 3 is 2.66 bits per heavy atom. The highest BCUT2D eigenvalue weighted by Gasteiger charge is 2.32. The standard InChI is InChI=1S/C22H22ClN5O5S2/c1-27(2)20(26-35(3,31)32)13-4-6-14(7-5-13)28-12-15(33-22(28)30)11-24-21(29)18-10-16-17(34-18)8-9-19(23)25-16/h4-10,15H,11-12H2,1-3H3,(H,24,29)/b26-20-. The number of carbonyl (C=O) groups excluding carboxylic acids is 2. The lowest BCUT2D eigenvalue weighted by molar-refractivity contribution is 0.0920. The quantitative estimate of drug-likeness (QED) is 0.292. The second-order valence-corrected chi connectivity index (χ2v) is 11.2. The zero-order valence-electron chi connectivity index (χ0n) is 19.1. The number of amides is 2. The first-order valence-corrected chi connectivity index (χ1v) is 13.4. The summed E-state index contributed by atoms with van der Waals surface area (Å²) in [5.41, 5.74) is 1.81. The summed E-state index contributed by atoms with van der Waals surface area (Å²) in [6.45, 7) is 0.396. The van der Waals surface area contributed by atoms with Gasteiger partial charge in [0, 0.05) is 25.3 Å².